The molecule has 0 bridgehead atoms. The van der Waals surface area contributed by atoms with Crippen LogP contribution >= 0.6 is 0 Å². The number of Topliss-reactive ketones (excluding diaryl/α,β-unsaturated/α-hetero) is 1. The molecule has 1 aliphatic heterocycles. The highest BCUT2D eigenvalue weighted by Crippen LogP contribution is 2.29. The number of nitrogens with one attached hydrogen (secondary N) is 4. The van der Waals surface area contributed by atoms with Crippen molar-refractivity contribution in [3.05, 3.63) is 12.7 Å². The monoisotopic (exact) mass is 694 g/mol. The average molecular weight is 695 g/mol. The summed E-state index contributed by atoms with van der Waals surface area (Å²) in [7, 11) is 0. The van der Waals surface area contributed by atoms with E-state index in [4.69, 9.17) is 5.73 Å². The lowest BCUT2D eigenvalue weighted by atomic mass is 9.85. The van der Waals surface area contributed by atoms with Gasteiger partial charge in [-0.3, -0.25) is 24.0 Å². The molecule has 280 valence electrons. The Bertz CT molecular complexity index is 1030. The molecule has 1 aliphatic rings. The number of nitrogens with zero attached hydrogens (tertiary/aromatic N) is 1. The smallest absolute Gasteiger partial charge is 0.368 e. The quantitative estimate of drug-likeness (QED) is 0.151. The van der Waals surface area contributed by atoms with Gasteiger partial charge in [0.15, 0.2) is 0 Å². The molecular weight excluding hydrogens is 633 g/mol. The molecule has 6 amide bonds. The Morgan fingerprint density at radius 1 is 0.979 bits per heavy atom. The fraction of sp³-hybridized carbons (Fsp3) is 0.758. The van der Waals surface area contributed by atoms with Crippen LogP contribution in [0.5, 0.6) is 0 Å². The molecule has 48 heavy (non-hydrogen) atoms. The van der Waals surface area contributed by atoms with Gasteiger partial charge in [-0.25, -0.2) is 4.79 Å². The second-order valence-electron chi connectivity index (χ2n) is 13.0. The van der Waals surface area contributed by atoms with E-state index in [1.54, 1.807) is 27.7 Å². The number of hydrogen-bond donors (Lipinski definition) is 5. The van der Waals surface area contributed by atoms with Gasteiger partial charge in [-0.1, -0.05) is 88.7 Å². The van der Waals surface area contributed by atoms with E-state index in [1.165, 1.54) is 17.4 Å². The summed E-state index contributed by atoms with van der Waals surface area (Å²) in [6, 6.07) is -4.98. The highest BCUT2D eigenvalue weighted by atomic mass is 19.4. The Kier molecular flexibility index (Phi) is 24.9. The van der Waals surface area contributed by atoms with Crippen molar-refractivity contribution in [1.82, 2.24) is 26.2 Å². The lowest BCUT2D eigenvalue weighted by Gasteiger charge is -2.35. The van der Waals surface area contributed by atoms with Crippen LogP contribution in [0.4, 0.5) is 18.0 Å². The molecule has 0 radical (unpaired) electrons. The number of amides is 6. The minimum atomic E-state index is -4.65. The van der Waals surface area contributed by atoms with E-state index < -0.39 is 84.5 Å². The zero-order valence-electron chi connectivity index (χ0n) is 30.7. The number of likely N-dealkylation sites (tertiary alicyclic amines) is 1. The number of alkyl halides is 3. The van der Waals surface area contributed by atoms with Crippen LogP contribution in [0.25, 0.3) is 0 Å². The zero-order chi connectivity index (χ0) is 38.4. The highest BCUT2D eigenvalue weighted by Gasteiger charge is 2.45. The van der Waals surface area contributed by atoms with Crippen LogP contribution in [0.3, 0.4) is 0 Å². The van der Waals surface area contributed by atoms with Crippen molar-refractivity contribution in [3.63, 3.8) is 0 Å². The highest BCUT2D eigenvalue weighted by molar-refractivity contribution is 6.38. The van der Waals surface area contributed by atoms with Crippen molar-refractivity contribution < 1.29 is 41.9 Å². The Balaban J connectivity index is -0.00000201. The maximum Gasteiger partial charge on any atom is 0.389 e. The van der Waals surface area contributed by atoms with Gasteiger partial charge >= 0.3 is 12.2 Å². The van der Waals surface area contributed by atoms with Gasteiger partial charge in [0, 0.05) is 19.5 Å². The van der Waals surface area contributed by atoms with Crippen molar-refractivity contribution in [2.24, 2.45) is 23.0 Å². The molecule has 0 saturated carbocycles. The molecule has 12 nitrogen and oxygen atoms in total. The molecule has 0 aromatic heterocycles. The van der Waals surface area contributed by atoms with Crippen LogP contribution < -0.4 is 27.0 Å². The number of nitrogens with two attached hydrogens (primary N) is 1. The van der Waals surface area contributed by atoms with Gasteiger partial charge in [-0.15, -0.1) is 6.58 Å². The summed E-state index contributed by atoms with van der Waals surface area (Å²) in [5.74, 6) is -4.18. The second kappa shape index (κ2) is 24.5. The summed E-state index contributed by atoms with van der Waals surface area (Å²) >= 11 is 0. The summed E-state index contributed by atoms with van der Waals surface area (Å²) < 4.78 is 38.7. The minimum Gasteiger partial charge on any atom is -0.368 e. The van der Waals surface area contributed by atoms with Crippen LogP contribution in [0, 0.1) is 17.3 Å². The number of carbonyl (C=O) groups is 6. The number of ketones is 1. The summed E-state index contributed by atoms with van der Waals surface area (Å²) in [4.78, 5) is 75.9. The topological polar surface area (TPSA) is 180 Å². The van der Waals surface area contributed by atoms with E-state index in [1.807, 2.05) is 13.8 Å². The van der Waals surface area contributed by atoms with E-state index in [-0.39, 0.29) is 25.4 Å². The molecule has 1 fully saturated rings. The van der Waals surface area contributed by atoms with Crippen LogP contribution in [0.2, 0.25) is 0 Å². The molecule has 0 aliphatic carbocycles. The number of hydrogen-bond acceptors (Lipinski definition) is 6. The number of primary amides is 1. The van der Waals surface area contributed by atoms with Crippen LogP contribution in [-0.2, 0) is 24.0 Å². The maximum absolute atomic E-state index is 13.6. The largest absolute Gasteiger partial charge is 0.389 e. The van der Waals surface area contributed by atoms with E-state index in [0.717, 1.165) is 5.92 Å². The van der Waals surface area contributed by atoms with E-state index in [9.17, 15) is 41.9 Å². The third-order valence-corrected chi connectivity index (χ3v) is 5.89. The number of halogens is 3. The average Bonchev–Trinajstić information content (AvgIpc) is 3.36. The third-order valence-electron chi connectivity index (χ3n) is 5.89. The minimum absolute atomic E-state index is 0.0923. The second-order valence-corrected chi connectivity index (χ2v) is 13.0. The molecule has 1 rings (SSSR count). The summed E-state index contributed by atoms with van der Waals surface area (Å²) in [6.45, 7) is 24.4. The molecular formula is C33H61F3N6O6. The van der Waals surface area contributed by atoms with Gasteiger partial charge in [0.1, 0.15) is 12.1 Å². The summed E-state index contributed by atoms with van der Waals surface area (Å²) in [6.07, 6.45) is -4.31. The molecule has 0 aromatic carbocycles. The lowest BCUT2D eigenvalue weighted by molar-refractivity contribution is -0.147. The summed E-state index contributed by atoms with van der Waals surface area (Å²) in [5, 5.41) is 9.09. The first-order valence-electron chi connectivity index (χ1n) is 16.4. The Hall–Kier alpha value is -3.65. The standard InChI is InChI=1S/C24H37F3N6O6.C4H10.C3H8.C2H6/c1-6-9-29-20(37)17(35)14(7-8-24(25,26)27)31-19(36)15-10-13(2)12-33(15)21(38)18(23(3,4)5)32-22(39)30-11-16(28)34;1-4(2)3;1-3-2;1-2/h6,13-15,18H,1,7-12H2,2-5H3,(H2,28,34)(H,29,37)(H,31,36)(H2,30,32,39);4H,1-3H3;3H2,1-2H3;1-2H3. The Labute approximate surface area is 285 Å². The van der Waals surface area contributed by atoms with Crippen LogP contribution in [0.1, 0.15) is 102 Å². The maximum atomic E-state index is 13.6. The van der Waals surface area contributed by atoms with Gasteiger partial charge in [0.05, 0.1) is 12.6 Å². The first kappa shape index (κ1) is 48.7. The SMILES string of the molecule is C=CCNC(=O)C(=O)C(CCC(F)(F)F)NC(=O)C1CC(C)CN1C(=O)C(NC(=O)NCC(N)=O)C(C)(C)C.CC.CC(C)C.CCC. The summed E-state index contributed by atoms with van der Waals surface area (Å²) in [5.41, 5.74) is 4.16. The van der Waals surface area contributed by atoms with E-state index >= 15 is 0 Å². The van der Waals surface area contributed by atoms with E-state index in [2.05, 4.69) is 62.5 Å². The van der Waals surface area contributed by atoms with Crippen molar-refractivity contribution in [3.8, 4) is 0 Å². The van der Waals surface area contributed by atoms with Crippen molar-refractivity contribution in [2.75, 3.05) is 19.6 Å². The van der Waals surface area contributed by atoms with Gasteiger partial charge in [0.25, 0.3) is 5.91 Å². The van der Waals surface area contributed by atoms with Crippen molar-refractivity contribution in [2.45, 2.75) is 126 Å². The van der Waals surface area contributed by atoms with Crippen LogP contribution in [0.15, 0.2) is 12.7 Å². The number of rotatable bonds is 12. The molecule has 1 saturated heterocycles. The van der Waals surface area contributed by atoms with Gasteiger partial charge in [-0.2, -0.15) is 13.2 Å². The van der Waals surface area contributed by atoms with Crippen molar-refractivity contribution in [1.29, 1.82) is 0 Å². The lowest BCUT2D eigenvalue weighted by Crippen LogP contribution is -2.60. The molecule has 0 spiro atoms. The molecule has 15 heteroatoms. The Morgan fingerprint density at radius 2 is 1.48 bits per heavy atom. The predicted octanol–water partition coefficient (Wildman–Crippen LogP) is 4.23. The third kappa shape index (κ3) is 22.0. The first-order chi connectivity index (χ1) is 22.0. The zero-order valence-corrected chi connectivity index (χ0v) is 30.7. The molecule has 6 N–H and O–H groups in total. The van der Waals surface area contributed by atoms with E-state index in [0.29, 0.717) is 0 Å². The molecule has 1 heterocycles. The molecule has 4 atom stereocenters. The van der Waals surface area contributed by atoms with Gasteiger partial charge in [-0.05, 0) is 30.1 Å². The van der Waals surface area contributed by atoms with Gasteiger partial charge < -0.3 is 31.9 Å². The fourth-order valence-electron chi connectivity index (χ4n) is 3.96. The predicted molar refractivity (Wildman–Crippen MR) is 182 cm³/mol. The molecule has 4 unspecified atom stereocenters. The number of urea groups is 1. The fourth-order valence-corrected chi connectivity index (χ4v) is 3.96. The molecule has 0 aromatic rings. The van der Waals surface area contributed by atoms with Gasteiger partial charge in [0.2, 0.25) is 23.5 Å². The van der Waals surface area contributed by atoms with Crippen molar-refractivity contribution >= 4 is 35.4 Å². The Morgan fingerprint density at radius 3 is 1.90 bits per heavy atom. The normalized spacial score (nSPS) is 16.6. The first-order valence-corrected chi connectivity index (χ1v) is 16.4. The van der Waals surface area contributed by atoms with Crippen LogP contribution in [-0.4, -0.2) is 84.3 Å². The number of carbonyl (C=O) groups excluding carboxylic acids is 6.